The predicted molar refractivity (Wildman–Crippen MR) is 288 cm³/mol. The second kappa shape index (κ2) is 54.2. The Morgan fingerprint density at radius 3 is 0.896 bits per heavy atom. The van der Waals surface area contributed by atoms with Crippen molar-refractivity contribution in [3.8, 4) is 0 Å². The molecule has 0 fully saturated rings. The summed E-state index contributed by atoms with van der Waals surface area (Å²) in [5, 5.41) is 0. The Kier molecular flexibility index (Phi) is 50.6. The van der Waals surface area contributed by atoms with Crippen molar-refractivity contribution in [2.24, 2.45) is 0 Å². The average Bonchev–Trinajstić information content (AvgIpc) is 3.33. The van der Waals surface area contributed by atoms with Gasteiger partial charge in [-0.1, -0.05) is 206 Å². The molecule has 0 saturated carbocycles. The quantitative estimate of drug-likeness (QED) is 0.0262. The van der Waals surface area contributed by atoms with E-state index in [0.29, 0.717) is 19.3 Å². The molecular formula is C61H96O6. The molecule has 0 aliphatic rings. The van der Waals surface area contributed by atoms with Crippen LogP contribution in [0.1, 0.15) is 213 Å². The van der Waals surface area contributed by atoms with Crippen LogP contribution in [0.2, 0.25) is 0 Å². The van der Waals surface area contributed by atoms with Crippen LogP contribution in [-0.2, 0) is 28.6 Å². The van der Waals surface area contributed by atoms with Crippen LogP contribution >= 0.6 is 0 Å². The fourth-order valence-electron chi connectivity index (χ4n) is 6.74. The van der Waals surface area contributed by atoms with E-state index in [2.05, 4.69) is 154 Å². The molecule has 0 aromatic heterocycles. The van der Waals surface area contributed by atoms with E-state index < -0.39 is 6.10 Å². The van der Waals surface area contributed by atoms with Crippen molar-refractivity contribution < 1.29 is 28.6 Å². The molecule has 67 heavy (non-hydrogen) atoms. The van der Waals surface area contributed by atoms with Crippen molar-refractivity contribution >= 4 is 17.9 Å². The smallest absolute Gasteiger partial charge is 0.306 e. The lowest BCUT2D eigenvalue weighted by atomic mass is 10.1. The maximum Gasteiger partial charge on any atom is 0.306 e. The highest BCUT2D eigenvalue weighted by molar-refractivity contribution is 5.71. The minimum Gasteiger partial charge on any atom is -0.462 e. The Balaban J connectivity index is 4.47. The molecule has 0 N–H and O–H groups in total. The van der Waals surface area contributed by atoms with Crippen molar-refractivity contribution in [2.45, 2.75) is 219 Å². The van der Waals surface area contributed by atoms with Gasteiger partial charge in [-0.05, 0) is 122 Å². The largest absolute Gasteiger partial charge is 0.462 e. The monoisotopic (exact) mass is 925 g/mol. The molecule has 0 aliphatic heterocycles. The first-order chi connectivity index (χ1) is 33.0. The van der Waals surface area contributed by atoms with Gasteiger partial charge in [0.05, 0.1) is 0 Å². The molecule has 0 amide bonds. The van der Waals surface area contributed by atoms with Crippen molar-refractivity contribution in [1.29, 1.82) is 0 Å². The highest BCUT2D eigenvalue weighted by atomic mass is 16.6. The lowest BCUT2D eigenvalue weighted by Crippen LogP contribution is -2.30. The van der Waals surface area contributed by atoms with E-state index in [1.807, 2.05) is 0 Å². The average molecular weight is 925 g/mol. The SMILES string of the molecule is CC/C=C\C/C=C\C/C=C\C/C=C\CCCCCCCCC(=O)OCC(COC(=O)CCC/C=C\C/C=C\C/C=C\CC)OC(=O)CCCCCCCC/C=C\C/C=C\C/C=C\C/C=C\CC. The lowest BCUT2D eigenvalue weighted by Gasteiger charge is -2.18. The van der Waals surface area contributed by atoms with Crippen LogP contribution in [0.5, 0.6) is 0 Å². The van der Waals surface area contributed by atoms with Crippen LogP contribution in [0.25, 0.3) is 0 Å². The molecular weight excluding hydrogens is 829 g/mol. The third-order valence-corrected chi connectivity index (χ3v) is 10.6. The van der Waals surface area contributed by atoms with Crippen molar-refractivity contribution in [2.75, 3.05) is 13.2 Å². The number of allylic oxidation sites excluding steroid dienone is 22. The van der Waals surface area contributed by atoms with Crippen LogP contribution in [0.4, 0.5) is 0 Å². The zero-order chi connectivity index (χ0) is 48.6. The Morgan fingerprint density at radius 2 is 0.552 bits per heavy atom. The molecule has 0 heterocycles. The summed E-state index contributed by atoms with van der Waals surface area (Å²) in [6.45, 7) is 6.20. The first-order valence-corrected chi connectivity index (χ1v) is 26.7. The third-order valence-electron chi connectivity index (χ3n) is 10.6. The second-order valence-electron chi connectivity index (χ2n) is 17.0. The zero-order valence-electron chi connectivity index (χ0n) is 42.9. The summed E-state index contributed by atoms with van der Waals surface area (Å²) in [5.74, 6) is -1.00. The number of carbonyl (C=O) groups is 3. The summed E-state index contributed by atoms with van der Waals surface area (Å²) in [7, 11) is 0. The van der Waals surface area contributed by atoms with E-state index in [4.69, 9.17) is 14.2 Å². The lowest BCUT2D eigenvalue weighted by molar-refractivity contribution is -0.167. The van der Waals surface area contributed by atoms with Crippen LogP contribution in [0, 0.1) is 0 Å². The standard InChI is InChI=1S/C61H96O6/c1-4-7-10-13-16-19-22-24-26-28-30-32-34-36-39-42-45-48-51-54-60(63)66-57-58(56-65-59(62)53-50-47-44-41-38-21-18-15-12-9-6-3)67-61(64)55-52-49-46-43-40-37-35-33-31-29-27-25-23-20-17-14-11-8-5-2/h7-12,16-21,24-27,30-33,41,44,58H,4-6,13-15,22-23,28-29,34-40,42-43,45-57H2,1-3H3/b10-7-,11-8-,12-9-,19-16-,20-17-,21-18-,26-24-,27-25-,32-30-,33-31-,44-41-. The van der Waals surface area contributed by atoms with Gasteiger partial charge in [-0.15, -0.1) is 0 Å². The van der Waals surface area contributed by atoms with Gasteiger partial charge in [0.15, 0.2) is 6.10 Å². The van der Waals surface area contributed by atoms with Crippen molar-refractivity contribution in [3.63, 3.8) is 0 Å². The molecule has 0 aromatic rings. The number of ether oxygens (including phenoxy) is 3. The van der Waals surface area contributed by atoms with Crippen LogP contribution < -0.4 is 0 Å². The number of rotatable bonds is 46. The normalized spacial score (nSPS) is 13.2. The molecule has 0 aromatic carbocycles. The van der Waals surface area contributed by atoms with E-state index in [0.717, 1.165) is 141 Å². The van der Waals surface area contributed by atoms with E-state index >= 15 is 0 Å². The van der Waals surface area contributed by atoms with Gasteiger partial charge in [0.2, 0.25) is 0 Å². The van der Waals surface area contributed by atoms with Gasteiger partial charge in [0.25, 0.3) is 0 Å². The van der Waals surface area contributed by atoms with E-state index in [1.54, 1.807) is 0 Å². The fourth-order valence-corrected chi connectivity index (χ4v) is 6.74. The topological polar surface area (TPSA) is 78.9 Å². The molecule has 0 aliphatic carbocycles. The molecule has 1 atom stereocenters. The van der Waals surface area contributed by atoms with Gasteiger partial charge >= 0.3 is 17.9 Å². The van der Waals surface area contributed by atoms with E-state index in [1.165, 1.54) is 25.7 Å². The number of hydrogen-bond donors (Lipinski definition) is 0. The summed E-state index contributed by atoms with van der Waals surface area (Å²) in [6.07, 6.45) is 75.9. The fraction of sp³-hybridized carbons (Fsp3) is 0.590. The molecule has 6 nitrogen and oxygen atoms in total. The van der Waals surface area contributed by atoms with Gasteiger partial charge in [-0.25, -0.2) is 0 Å². The first kappa shape index (κ1) is 62.5. The summed E-state index contributed by atoms with van der Waals surface area (Å²) in [4.78, 5) is 38.0. The number of unbranched alkanes of at least 4 members (excludes halogenated alkanes) is 13. The van der Waals surface area contributed by atoms with Crippen LogP contribution in [0.3, 0.4) is 0 Å². The van der Waals surface area contributed by atoms with E-state index in [-0.39, 0.29) is 37.5 Å². The molecule has 0 rings (SSSR count). The molecule has 0 radical (unpaired) electrons. The van der Waals surface area contributed by atoms with Gasteiger partial charge in [0.1, 0.15) is 13.2 Å². The molecule has 1 unspecified atom stereocenters. The van der Waals surface area contributed by atoms with Gasteiger partial charge in [0, 0.05) is 19.3 Å². The van der Waals surface area contributed by atoms with Crippen LogP contribution in [-0.4, -0.2) is 37.2 Å². The molecule has 0 saturated heterocycles. The highest BCUT2D eigenvalue weighted by Gasteiger charge is 2.19. The Bertz CT molecular complexity index is 1480. The highest BCUT2D eigenvalue weighted by Crippen LogP contribution is 2.13. The van der Waals surface area contributed by atoms with Crippen molar-refractivity contribution in [3.05, 3.63) is 134 Å². The Labute approximate surface area is 411 Å². The summed E-state index contributed by atoms with van der Waals surface area (Å²) in [5.41, 5.74) is 0. The summed E-state index contributed by atoms with van der Waals surface area (Å²) in [6, 6.07) is 0. The molecule has 376 valence electrons. The third kappa shape index (κ3) is 52.4. The number of carbonyl (C=O) groups excluding carboxylic acids is 3. The summed E-state index contributed by atoms with van der Waals surface area (Å²) >= 11 is 0. The number of esters is 3. The maximum absolute atomic E-state index is 12.8. The molecule has 6 heteroatoms. The molecule has 0 bridgehead atoms. The van der Waals surface area contributed by atoms with Gasteiger partial charge < -0.3 is 14.2 Å². The predicted octanol–water partition coefficient (Wildman–Crippen LogP) is 17.9. The molecule has 0 spiro atoms. The maximum atomic E-state index is 12.8. The van der Waals surface area contributed by atoms with Crippen molar-refractivity contribution in [1.82, 2.24) is 0 Å². The minimum atomic E-state index is -0.817. The van der Waals surface area contributed by atoms with Gasteiger partial charge in [-0.2, -0.15) is 0 Å². The summed E-state index contributed by atoms with van der Waals surface area (Å²) < 4.78 is 16.7. The Hall–Kier alpha value is -4.45. The Morgan fingerprint density at radius 1 is 0.299 bits per heavy atom. The van der Waals surface area contributed by atoms with Crippen LogP contribution in [0.15, 0.2) is 134 Å². The first-order valence-electron chi connectivity index (χ1n) is 26.7. The zero-order valence-corrected chi connectivity index (χ0v) is 42.9. The second-order valence-corrected chi connectivity index (χ2v) is 17.0. The number of hydrogen-bond acceptors (Lipinski definition) is 6. The van der Waals surface area contributed by atoms with Gasteiger partial charge in [-0.3, -0.25) is 14.4 Å². The van der Waals surface area contributed by atoms with E-state index in [9.17, 15) is 14.4 Å². The minimum absolute atomic E-state index is 0.112.